The topological polar surface area (TPSA) is 88.8 Å². The number of nitrogens with one attached hydrogen (secondary N) is 2. The van der Waals surface area contributed by atoms with Crippen LogP contribution in [0.1, 0.15) is 30.7 Å². The Labute approximate surface area is 140 Å². The van der Waals surface area contributed by atoms with E-state index in [-0.39, 0.29) is 0 Å². The molecule has 3 rings (SSSR count). The molecule has 0 saturated carbocycles. The maximum absolute atomic E-state index is 5.02. The lowest BCUT2D eigenvalue weighted by atomic mass is 10.0. The Bertz CT molecular complexity index is 807. The van der Waals surface area contributed by atoms with E-state index in [0.717, 1.165) is 18.5 Å². The molecule has 0 unspecified atom stereocenters. The lowest BCUT2D eigenvalue weighted by Crippen LogP contribution is -2.05. The van der Waals surface area contributed by atoms with Gasteiger partial charge in [0.2, 0.25) is 5.95 Å². The minimum absolute atomic E-state index is 0.361. The number of hydrogen-bond acceptors (Lipinski definition) is 7. The summed E-state index contributed by atoms with van der Waals surface area (Å²) in [6, 6.07) is 8.09. The summed E-state index contributed by atoms with van der Waals surface area (Å²) >= 11 is 0. The van der Waals surface area contributed by atoms with Crippen molar-refractivity contribution >= 4 is 23.3 Å². The quantitative estimate of drug-likeness (QED) is 0.713. The maximum atomic E-state index is 5.02. The van der Waals surface area contributed by atoms with Crippen molar-refractivity contribution in [3.63, 3.8) is 0 Å². The van der Waals surface area contributed by atoms with Crippen molar-refractivity contribution in [1.82, 2.24) is 20.3 Å². The third-order valence-electron chi connectivity index (χ3n) is 3.68. The number of nitrogens with zero attached hydrogens (tertiary/aromatic N) is 4. The summed E-state index contributed by atoms with van der Waals surface area (Å²) < 4.78 is 5.02. The summed E-state index contributed by atoms with van der Waals surface area (Å²) in [5.74, 6) is 2.25. The molecule has 7 heteroatoms. The first-order valence-electron chi connectivity index (χ1n) is 7.97. The van der Waals surface area contributed by atoms with Gasteiger partial charge in [-0.05, 0) is 30.9 Å². The first kappa shape index (κ1) is 15.9. The van der Waals surface area contributed by atoms with Crippen molar-refractivity contribution in [2.24, 2.45) is 0 Å². The number of para-hydroxylation sites is 1. The molecule has 0 aliphatic heterocycles. The highest BCUT2D eigenvalue weighted by atomic mass is 16.5. The summed E-state index contributed by atoms with van der Waals surface area (Å²) in [6.07, 6.45) is 3.49. The van der Waals surface area contributed by atoms with Crippen molar-refractivity contribution in [2.75, 3.05) is 10.6 Å². The second kappa shape index (κ2) is 7.08. The van der Waals surface area contributed by atoms with Crippen molar-refractivity contribution in [3.05, 3.63) is 47.3 Å². The number of aryl methyl sites for hydroxylation is 3. The smallest absolute Gasteiger partial charge is 0.250 e. The number of hydrogen-bond donors (Lipinski definition) is 2. The zero-order valence-electron chi connectivity index (χ0n) is 14.0. The van der Waals surface area contributed by atoms with Gasteiger partial charge in [0.25, 0.3) is 0 Å². The van der Waals surface area contributed by atoms with Crippen LogP contribution in [0.4, 0.5) is 23.3 Å². The third-order valence-corrected chi connectivity index (χ3v) is 3.68. The lowest BCUT2D eigenvalue weighted by Gasteiger charge is -2.14. The van der Waals surface area contributed by atoms with E-state index in [2.05, 4.69) is 63.0 Å². The first-order valence-corrected chi connectivity index (χ1v) is 7.97. The second-order valence-corrected chi connectivity index (χ2v) is 5.40. The molecule has 0 radical (unpaired) electrons. The maximum Gasteiger partial charge on any atom is 0.250 e. The van der Waals surface area contributed by atoms with Crippen LogP contribution in [0.2, 0.25) is 0 Å². The molecule has 24 heavy (non-hydrogen) atoms. The monoisotopic (exact) mass is 324 g/mol. The predicted octanol–water partition coefficient (Wildman–Crippen LogP) is 3.78. The molecule has 0 aliphatic rings. The van der Waals surface area contributed by atoms with Crippen LogP contribution in [0.5, 0.6) is 0 Å². The van der Waals surface area contributed by atoms with Crippen LogP contribution < -0.4 is 10.6 Å². The van der Waals surface area contributed by atoms with E-state index in [0.29, 0.717) is 23.3 Å². The lowest BCUT2D eigenvalue weighted by molar-refractivity contribution is 0.400. The number of anilines is 4. The zero-order valence-corrected chi connectivity index (χ0v) is 14.0. The minimum Gasteiger partial charge on any atom is -0.360 e. The van der Waals surface area contributed by atoms with Gasteiger partial charge in [-0.3, -0.25) is 0 Å². The molecule has 0 spiro atoms. The molecule has 0 fully saturated rings. The van der Waals surface area contributed by atoms with Crippen LogP contribution in [0.25, 0.3) is 0 Å². The fourth-order valence-electron chi connectivity index (χ4n) is 2.49. The molecule has 7 nitrogen and oxygen atoms in total. The molecule has 0 aliphatic carbocycles. The summed E-state index contributed by atoms with van der Waals surface area (Å²) in [4.78, 5) is 4.45. The SMILES string of the molecule is CCc1cccc(CC)c1Nc1cnnc(Nc2cc(C)on2)n1. The van der Waals surface area contributed by atoms with Gasteiger partial charge in [-0.2, -0.15) is 10.1 Å². The fraction of sp³-hybridized carbons (Fsp3) is 0.294. The van der Waals surface area contributed by atoms with Crippen molar-refractivity contribution in [1.29, 1.82) is 0 Å². The van der Waals surface area contributed by atoms with Crippen LogP contribution in [-0.4, -0.2) is 20.3 Å². The molecule has 3 aromatic rings. The Morgan fingerprint density at radius 1 is 1.04 bits per heavy atom. The van der Waals surface area contributed by atoms with E-state index >= 15 is 0 Å². The molecule has 2 heterocycles. The van der Waals surface area contributed by atoms with Crippen LogP contribution in [-0.2, 0) is 12.8 Å². The Kier molecular flexibility index (Phi) is 4.69. The molecule has 0 bridgehead atoms. The third kappa shape index (κ3) is 3.51. The molecule has 0 amide bonds. The zero-order chi connectivity index (χ0) is 16.9. The van der Waals surface area contributed by atoms with E-state index in [9.17, 15) is 0 Å². The highest BCUT2D eigenvalue weighted by Gasteiger charge is 2.09. The Hall–Kier alpha value is -2.96. The summed E-state index contributed by atoms with van der Waals surface area (Å²) in [6.45, 7) is 6.10. The molecule has 0 saturated heterocycles. The average Bonchev–Trinajstić information content (AvgIpc) is 3.00. The predicted molar refractivity (Wildman–Crippen MR) is 92.8 cm³/mol. The van der Waals surface area contributed by atoms with Crippen LogP contribution >= 0.6 is 0 Å². The summed E-state index contributed by atoms with van der Waals surface area (Å²) in [5.41, 5.74) is 3.58. The van der Waals surface area contributed by atoms with Crippen LogP contribution in [0.3, 0.4) is 0 Å². The second-order valence-electron chi connectivity index (χ2n) is 5.40. The molecule has 0 atom stereocenters. The molecule has 2 aromatic heterocycles. The van der Waals surface area contributed by atoms with Crippen molar-refractivity contribution < 1.29 is 4.52 Å². The Balaban J connectivity index is 1.85. The highest BCUT2D eigenvalue weighted by molar-refractivity contribution is 5.65. The van der Waals surface area contributed by atoms with Gasteiger partial charge in [-0.25, -0.2) is 0 Å². The van der Waals surface area contributed by atoms with Gasteiger partial charge in [0.15, 0.2) is 11.6 Å². The van der Waals surface area contributed by atoms with E-state index in [1.54, 1.807) is 12.3 Å². The Morgan fingerprint density at radius 2 is 1.79 bits per heavy atom. The molecular weight excluding hydrogens is 304 g/mol. The van der Waals surface area contributed by atoms with Crippen LogP contribution in [0, 0.1) is 6.92 Å². The fourth-order valence-corrected chi connectivity index (χ4v) is 2.49. The summed E-state index contributed by atoms with van der Waals surface area (Å²) in [7, 11) is 0. The number of benzene rings is 1. The molecule has 124 valence electrons. The van der Waals surface area contributed by atoms with Gasteiger partial charge in [0, 0.05) is 11.8 Å². The van der Waals surface area contributed by atoms with E-state index in [1.807, 2.05) is 6.92 Å². The van der Waals surface area contributed by atoms with Crippen LogP contribution in [0.15, 0.2) is 35.0 Å². The van der Waals surface area contributed by atoms with Gasteiger partial charge in [-0.1, -0.05) is 37.2 Å². The van der Waals surface area contributed by atoms with E-state index in [1.165, 1.54) is 11.1 Å². The normalized spacial score (nSPS) is 10.6. The number of rotatable bonds is 6. The van der Waals surface area contributed by atoms with E-state index in [4.69, 9.17) is 4.52 Å². The van der Waals surface area contributed by atoms with Gasteiger partial charge in [0.05, 0.1) is 6.20 Å². The standard InChI is InChI=1S/C17H20N6O/c1-4-12-7-6-8-13(5-2)16(12)19-15-10-18-22-17(21-15)20-14-9-11(3)24-23-14/h6-10H,4-5H2,1-3H3,(H2,19,20,21,22,23). The van der Waals surface area contributed by atoms with Gasteiger partial charge >= 0.3 is 0 Å². The van der Waals surface area contributed by atoms with Gasteiger partial charge < -0.3 is 15.2 Å². The van der Waals surface area contributed by atoms with Gasteiger partial charge in [-0.15, -0.1) is 5.10 Å². The first-order chi connectivity index (χ1) is 11.7. The number of aromatic nitrogens is 4. The molecular formula is C17H20N6O. The van der Waals surface area contributed by atoms with Gasteiger partial charge in [0.1, 0.15) is 5.76 Å². The highest BCUT2D eigenvalue weighted by Crippen LogP contribution is 2.26. The minimum atomic E-state index is 0.361. The van der Waals surface area contributed by atoms with Crippen molar-refractivity contribution in [3.8, 4) is 0 Å². The summed E-state index contributed by atoms with van der Waals surface area (Å²) in [5, 5.41) is 18.2. The average molecular weight is 324 g/mol. The van der Waals surface area contributed by atoms with Crippen molar-refractivity contribution in [2.45, 2.75) is 33.6 Å². The Morgan fingerprint density at radius 3 is 2.42 bits per heavy atom. The molecule has 2 N–H and O–H groups in total. The largest absolute Gasteiger partial charge is 0.360 e. The van der Waals surface area contributed by atoms with E-state index < -0.39 is 0 Å². The molecule has 1 aromatic carbocycles.